The van der Waals surface area contributed by atoms with Crippen LogP contribution in [0, 0.1) is 5.92 Å². The molecule has 0 aromatic heterocycles. The Morgan fingerprint density at radius 2 is 2.24 bits per heavy atom. The van der Waals surface area contributed by atoms with E-state index >= 15 is 0 Å². The summed E-state index contributed by atoms with van der Waals surface area (Å²) in [6, 6.07) is 5.87. The summed E-state index contributed by atoms with van der Waals surface area (Å²) in [7, 11) is 1.76. The zero-order valence-electron chi connectivity index (χ0n) is 10.6. The second kappa shape index (κ2) is 5.41. The summed E-state index contributed by atoms with van der Waals surface area (Å²) in [6.45, 7) is 5.02. The maximum Gasteiger partial charge on any atom is 0.117 e. The highest BCUT2D eigenvalue weighted by atomic mass is 16.5. The second-order valence-corrected chi connectivity index (χ2v) is 4.77. The van der Waals surface area contributed by atoms with Crippen molar-refractivity contribution in [1.82, 2.24) is 0 Å². The monoisotopic (exact) mass is 235 g/mol. The van der Waals surface area contributed by atoms with Crippen LogP contribution in [0.2, 0.25) is 0 Å². The number of rotatable bonds is 4. The lowest BCUT2D eigenvalue weighted by molar-refractivity contribution is 0.161. The first-order valence-corrected chi connectivity index (χ1v) is 6.29. The van der Waals surface area contributed by atoms with E-state index in [-0.39, 0.29) is 0 Å². The van der Waals surface area contributed by atoms with Crippen LogP contribution < -0.4 is 4.90 Å². The molecule has 1 heterocycles. The minimum atomic E-state index is 0.370. The van der Waals surface area contributed by atoms with Gasteiger partial charge >= 0.3 is 0 Å². The van der Waals surface area contributed by atoms with Crippen molar-refractivity contribution < 1.29 is 9.84 Å². The van der Waals surface area contributed by atoms with E-state index in [9.17, 15) is 5.11 Å². The maximum absolute atomic E-state index is 9.70. The van der Waals surface area contributed by atoms with Crippen molar-refractivity contribution in [1.29, 1.82) is 0 Å². The highest BCUT2D eigenvalue weighted by Crippen LogP contribution is 2.28. The smallest absolute Gasteiger partial charge is 0.117 e. The summed E-state index contributed by atoms with van der Waals surface area (Å²) in [5, 5.41) is 9.70. The van der Waals surface area contributed by atoms with Gasteiger partial charge in [-0.2, -0.15) is 0 Å². The molecule has 1 aliphatic heterocycles. The van der Waals surface area contributed by atoms with Gasteiger partial charge in [0, 0.05) is 37.9 Å². The molecule has 0 bridgehead atoms. The van der Waals surface area contributed by atoms with Crippen LogP contribution in [0.3, 0.4) is 0 Å². The molecule has 0 spiro atoms. The predicted molar refractivity (Wildman–Crippen MR) is 69.7 cm³/mol. The van der Waals surface area contributed by atoms with Crippen LogP contribution in [0.15, 0.2) is 18.2 Å². The number of methoxy groups -OCH3 is 1. The summed E-state index contributed by atoms with van der Waals surface area (Å²) >= 11 is 0. The van der Waals surface area contributed by atoms with E-state index in [4.69, 9.17) is 4.74 Å². The fourth-order valence-corrected chi connectivity index (χ4v) is 2.48. The number of phenolic OH excluding ortho intramolecular Hbond substituents is 1. The van der Waals surface area contributed by atoms with Crippen molar-refractivity contribution in [3.05, 3.63) is 23.8 Å². The summed E-state index contributed by atoms with van der Waals surface area (Å²) in [4.78, 5) is 2.34. The number of benzene rings is 1. The zero-order valence-corrected chi connectivity index (χ0v) is 10.6. The number of hydrogen-bond acceptors (Lipinski definition) is 3. The van der Waals surface area contributed by atoms with Crippen molar-refractivity contribution in [2.24, 2.45) is 5.92 Å². The maximum atomic E-state index is 9.70. The lowest BCUT2D eigenvalue weighted by atomic mass is 10.1. The molecule has 1 saturated heterocycles. The van der Waals surface area contributed by atoms with E-state index in [1.165, 1.54) is 12.0 Å². The van der Waals surface area contributed by atoms with E-state index < -0.39 is 0 Å². The van der Waals surface area contributed by atoms with Gasteiger partial charge in [-0.15, -0.1) is 0 Å². The molecular formula is C14H21NO2. The van der Waals surface area contributed by atoms with Gasteiger partial charge in [0.25, 0.3) is 0 Å². The van der Waals surface area contributed by atoms with Crippen molar-refractivity contribution in [2.75, 3.05) is 31.7 Å². The van der Waals surface area contributed by atoms with Gasteiger partial charge in [-0.3, -0.25) is 0 Å². The first-order valence-electron chi connectivity index (χ1n) is 6.29. The third-order valence-corrected chi connectivity index (χ3v) is 3.42. The minimum absolute atomic E-state index is 0.370. The Balaban J connectivity index is 2.10. The van der Waals surface area contributed by atoms with Crippen molar-refractivity contribution in [3.8, 4) is 5.75 Å². The minimum Gasteiger partial charge on any atom is -0.508 e. The van der Waals surface area contributed by atoms with E-state index in [1.54, 1.807) is 7.11 Å². The zero-order chi connectivity index (χ0) is 12.3. The molecule has 94 valence electrons. The molecule has 1 unspecified atom stereocenters. The summed E-state index contributed by atoms with van der Waals surface area (Å²) < 4.78 is 5.20. The van der Waals surface area contributed by atoms with Crippen LogP contribution in [0.1, 0.15) is 18.9 Å². The Bertz CT molecular complexity index is 378. The molecule has 17 heavy (non-hydrogen) atoms. The largest absolute Gasteiger partial charge is 0.508 e. The quantitative estimate of drug-likeness (QED) is 0.870. The van der Waals surface area contributed by atoms with Gasteiger partial charge in [0.2, 0.25) is 0 Å². The summed E-state index contributed by atoms with van der Waals surface area (Å²) in [5.74, 6) is 0.988. The molecular weight excluding hydrogens is 214 g/mol. The summed E-state index contributed by atoms with van der Waals surface area (Å²) in [5.41, 5.74) is 2.33. The average Bonchev–Trinajstić information content (AvgIpc) is 2.77. The Labute approximate surface area is 103 Å². The summed E-state index contributed by atoms with van der Waals surface area (Å²) in [6.07, 6.45) is 2.13. The number of ether oxygens (including phenoxy) is 1. The van der Waals surface area contributed by atoms with Gasteiger partial charge in [0.15, 0.2) is 0 Å². The van der Waals surface area contributed by atoms with Gasteiger partial charge in [-0.1, -0.05) is 6.92 Å². The van der Waals surface area contributed by atoms with E-state index in [1.807, 2.05) is 12.1 Å². The highest BCUT2D eigenvalue weighted by molar-refractivity contribution is 5.53. The van der Waals surface area contributed by atoms with Crippen LogP contribution in [-0.2, 0) is 11.2 Å². The second-order valence-electron chi connectivity index (χ2n) is 4.77. The molecule has 1 aliphatic rings. The number of aryl methyl sites for hydroxylation is 1. The lowest BCUT2D eigenvalue weighted by Crippen LogP contribution is -2.21. The van der Waals surface area contributed by atoms with Crippen molar-refractivity contribution >= 4 is 5.69 Å². The third kappa shape index (κ3) is 2.91. The molecule has 1 aromatic rings. The lowest BCUT2D eigenvalue weighted by Gasteiger charge is -2.19. The first kappa shape index (κ1) is 12.2. The van der Waals surface area contributed by atoms with Gasteiger partial charge < -0.3 is 14.7 Å². The molecule has 0 aliphatic carbocycles. The fourth-order valence-electron chi connectivity index (χ4n) is 2.48. The Morgan fingerprint density at radius 3 is 2.94 bits per heavy atom. The van der Waals surface area contributed by atoms with Crippen molar-refractivity contribution in [3.63, 3.8) is 0 Å². The molecule has 2 rings (SSSR count). The number of aromatic hydroxyl groups is 1. The van der Waals surface area contributed by atoms with Crippen LogP contribution >= 0.6 is 0 Å². The predicted octanol–water partition coefficient (Wildman–Crippen LogP) is 2.43. The fraction of sp³-hybridized carbons (Fsp3) is 0.571. The van der Waals surface area contributed by atoms with E-state index in [0.29, 0.717) is 11.7 Å². The molecule has 0 amide bonds. The standard InChI is InChI=1S/C14H21NO2/c1-3-11-6-13(8-14(16)7-11)15-5-4-12(9-15)10-17-2/h6-8,12,16H,3-5,9-10H2,1-2H3. The molecule has 1 fully saturated rings. The van der Waals surface area contributed by atoms with Crippen LogP contribution in [0.25, 0.3) is 0 Å². The van der Waals surface area contributed by atoms with Gasteiger partial charge in [-0.25, -0.2) is 0 Å². The highest BCUT2D eigenvalue weighted by Gasteiger charge is 2.22. The first-order chi connectivity index (χ1) is 8.22. The Kier molecular flexibility index (Phi) is 3.89. The molecule has 1 N–H and O–H groups in total. The Morgan fingerprint density at radius 1 is 1.41 bits per heavy atom. The molecule has 1 atom stereocenters. The number of phenols is 1. The van der Waals surface area contributed by atoms with Crippen molar-refractivity contribution in [2.45, 2.75) is 19.8 Å². The van der Waals surface area contributed by atoms with E-state index in [0.717, 1.165) is 31.8 Å². The molecule has 1 aromatic carbocycles. The van der Waals surface area contributed by atoms with Gasteiger partial charge in [0.05, 0.1) is 6.61 Å². The topological polar surface area (TPSA) is 32.7 Å². The van der Waals surface area contributed by atoms with Crippen LogP contribution in [0.4, 0.5) is 5.69 Å². The molecule has 0 saturated carbocycles. The number of hydrogen-bond donors (Lipinski definition) is 1. The molecule has 3 heteroatoms. The number of nitrogens with zero attached hydrogens (tertiary/aromatic N) is 1. The normalized spacial score (nSPS) is 19.9. The number of anilines is 1. The van der Waals surface area contributed by atoms with Gasteiger partial charge in [0.1, 0.15) is 5.75 Å². The van der Waals surface area contributed by atoms with Crippen LogP contribution in [0.5, 0.6) is 5.75 Å². The molecule has 3 nitrogen and oxygen atoms in total. The van der Waals surface area contributed by atoms with Crippen LogP contribution in [-0.4, -0.2) is 31.9 Å². The molecule has 0 radical (unpaired) electrons. The van der Waals surface area contributed by atoms with Gasteiger partial charge in [-0.05, 0) is 30.5 Å². The van der Waals surface area contributed by atoms with E-state index in [2.05, 4.69) is 17.9 Å². The third-order valence-electron chi connectivity index (χ3n) is 3.42. The average molecular weight is 235 g/mol. The SMILES string of the molecule is CCc1cc(O)cc(N2CCC(COC)C2)c1. The Hall–Kier alpha value is -1.22.